The summed E-state index contributed by atoms with van der Waals surface area (Å²) >= 11 is 0. The fourth-order valence-corrected chi connectivity index (χ4v) is 2.13. The number of aryl methyl sites for hydroxylation is 2. The van der Waals surface area contributed by atoms with E-state index in [0.29, 0.717) is 12.3 Å². The van der Waals surface area contributed by atoms with Crippen molar-refractivity contribution in [3.05, 3.63) is 35.4 Å². The predicted octanol–water partition coefficient (Wildman–Crippen LogP) is 2.55. The fraction of sp³-hybridized carbons (Fsp3) is 0.500. The molecule has 16 heavy (non-hydrogen) atoms. The minimum atomic E-state index is 0.318. The van der Waals surface area contributed by atoms with Gasteiger partial charge in [0.05, 0.1) is 0 Å². The zero-order chi connectivity index (χ0) is 11.4. The summed E-state index contributed by atoms with van der Waals surface area (Å²) in [6.07, 6.45) is 3.88. The van der Waals surface area contributed by atoms with Crippen molar-refractivity contribution in [2.75, 3.05) is 13.1 Å². The van der Waals surface area contributed by atoms with Gasteiger partial charge in [0, 0.05) is 19.5 Å². The van der Waals surface area contributed by atoms with E-state index in [4.69, 9.17) is 0 Å². The van der Waals surface area contributed by atoms with Crippen LogP contribution in [0.1, 0.15) is 30.4 Å². The molecule has 1 amide bonds. The van der Waals surface area contributed by atoms with E-state index in [1.165, 1.54) is 24.0 Å². The molecular formula is C14H19NO. The number of carbonyl (C=O) groups is 1. The molecule has 2 heteroatoms. The van der Waals surface area contributed by atoms with Crippen LogP contribution in [0.15, 0.2) is 24.3 Å². The minimum Gasteiger partial charge on any atom is -0.343 e. The lowest BCUT2D eigenvalue weighted by Gasteiger charge is -2.14. The summed E-state index contributed by atoms with van der Waals surface area (Å²) in [5.74, 6) is 0.318. The van der Waals surface area contributed by atoms with Crippen LogP contribution in [0.4, 0.5) is 0 Å². The van der Waals surface area contributed by atoms with Gasteiger partial charge in [0.15, 0.2) is 0 Å². The van der Waals surface area contributed by atoms with Gasteiger partial charge in [0.1, 0.15) is 0 Å². The third kappa shape index (κ3) is 2.84. The van der Waals surface area contributed by atoms with E-state index < -0.39 is 0 Å². The van der Waals surface area contributed by atoms with Gasteiger partial charge in [-0.25, -0.2) is 0 Å². The number of hydrogen-bond acceptors (Lipinski definition) is 1. The maximum absolute atomic E-state index is 11.8. The maximum Gasteiger partial charge on any atom is 0.222 e. The Hall–Kier alpha value is -1.31. The van der Waals surface area contributed by atoms with Gasteiger partial charge in [0.2, 0.25) is 5.91 Å². The van der Waals surface area contributed by atoms with Crippen molar-refractivity contribution < 1.29 is 4.79 Å². The Kier molecular flexibility index (Phi) is 3.60. The van der Waals surface area contributed by atoms with E-state index in [2.05, 4.69) is 31.2 Å². The third-order valence-corrected chi connectivity index (χ3v) is 3.21. The van der Waals surface area contributed by atoms with Gasteiger partial charge in [-0.2, -0.15) is 0 Å². The molecule has 0 radical (unpaired) electrons. The van der Waals surface area contributed by atoms with Gasteiger partial charge in [-0.1, -0.05) is 29.8 Å². The highest BCUT2D eigenvalue weighted by atomic mass is 16.2. The Morgan fingerprint density at radius 1 is 1.19 bits per heavy atom. The fourth-order valence-electron chi connectivity index (χ4n) is 2.13. The Morgan fingerprint density at radius 2 is 1.81 bits per heavy atom. The molecule has 2 nitrogen and oxygen atoms in total. The highest BCUT2D eigenvalue weighted by Crippen LogP contribution is 2.11. The minimum absolute atomic E-state index is 0.318. The molecule has 1 aliphatic heterocycles. The molecule has 0 saturated carbocycles. The second-order valence-corrected chi connectivity index (χ2v) is 4.57. The molecule has 1 aliphatic rings. The van der Waals surface area contributed by atoms with Gasteiger partial charge in [-0.15, -0.1) is 0 Å². The topological polar surface area (TPSA) is 20.3 Å². The highest BCUT2D eigenvalue weighted by Gasteiger charge is 2.16. The highest BCUT2D eigenvalue weighted by molar-refractivity contribution is 5.76. The molecule has 0 aliphatic carbocycles. The summed E-state index contributed by atoms with van der Waals surface area (Å²) in [7, 11) is 0. The van der Waals surface area contributed by atoms with E-state index in [1.54, 1.807) is 0 Å². The summed E-state index contributed by atoms with van der Waals surface area (Å²) in [4.78, 5) is 13.8. The van der Waals surface area contributed by atoms with Crippen LogP contribution < -0.4 is 0 Å². The summed E-state index contributed by atoms with van der Waals surface area (Å²) in [6, 6.07) is 8.45. The average molecular weight is 217 g/mol. The van der Waals surface area contributed by atoms with Crippen LogP contribution in [0.5, 0.6) is 0 Å². The molecular weight excluding hydrogens is 198 g/mol. The van der Waals surface area contributed by atoms with E-state index in [-0.39, 0.29) is 0 Å². The lowest BCUT2D eigenvalue weighted by molar-refractivity contribution is -0.130. The molecule has 1 aromatic rings. The molecule has 0 spiro atoms. The Bertz CT molecular complexity index is 350. The molecule has 1 saturated heterocycles. The Morgan fingerprint density at radius 3 is 2.44 bits per heavy atom. The van der Waals surface area contributed by atoms with Gasteiger partial charge in [-0.05, 0) is 31.7 Å². The van der Waals surface area contributed by atoms with Crippen molar-refractivity contribution in [3.8, 4) is 0 Å². The van der Waals surface area contributed by atoms with Crippen LogP contribution in [-0.4, -0.2) is 23.9 Å². The summed E-state index contributed by atoms with van der Waals surface area (Å²) in [5, 5.41) is 0. The van der Waals surface area contributed by atoms with Crippen LogP contribution in [0.3, 0.4) is 0 Å². The first-order chi connectivity index (χ1) is 7.75. The summed E-state index contributed by atoms with van der Waals surface area (Å²) in [5.41, 5.74) is 2.53. The number of rotatable bonds is 3. The normalized spacial score (nSPS) is 15.4. The van der Waals surface area contributed by atoms with E-state index in [0.717, 1.165) is 19.5 Å². The number of likely N-dealkylation sites (tertiary alicyclic amines) is 1. The molecule has 86 valence electrons. The van der Waals surface area contributed by atoms with Crippen molar-refractivity contribution >= 4 is 5.91 Å². The van der Waals surface area contributed by atoms with E-state index in [9.17, 15) is 4.79 Å². The lowest BCUT2D eigenvalue weighted by Crippen LogP contribution is -2.27. The first-order valence-corrected chi connectivity index (χ1v) is 6.09. The van der Waals surface area contributed by atoms with Crippen molar-refractivity contribution in [3.63, 3.8) is 0 Å². The first kappa shape index (κ1) is 11.2. The second-order valence-electron chi connectivity index (χ2n) is 4.57. The largest absolute Gasteiger partial charge is 0.343 e. The molecule has 0 N–H and O–H groups in total. The number of hydrogen-bond donors (Lipinski definition) is 0. The molecule has 0 atom stereocenters. The molecule has 1 aromatic carbocycles. The first-order valence-electron chi connectivity index (χ1n) is 6.09. The van der Waals surface area contributed by atoms with Gasteiger partial charge in [-0.3, -0.25) is 4.79 Å². The van der Waals surface area contributed by atoms with Crippen molar-refractivity contribution in [1.82, 2.24) is 4.90 Å². The van der Waals surface area contributed by atoms with Crippen molar-refractivity contribution in [2.45, 2.75) is 32.6 Å². The second kappa shape index (κ2) is 5.15. The molecule has 1 fully saturated rings. The Balaban J connectivity index is 1.82. The molecule has 2 rings (SSSR count). The zero-order valence-electron chi connectivity index (χ0n) is 9.91. The van der Waals surface area contributed by atoms with Crippen LogP contribution in [-0.2, 0) is 11.2 Å². The molecule has 1 heterocycles. The summed E-state index contributed by atoms with van der Waals surface area (Å²) in [6.45, 7) is 4.01. The SMILES string of the molecule is Cc1ccc(CCC(=O)N2CCCC2)cc1. The standard InChI is InChI=1S/C14H19NO/c1-12-4-6-13(7-5-12)8-9-14(16)15-10-2-3-11-15/h4-7H,2-3,8-11H2,1H3. The smallest absolute Gasteiger partial charge is 0.222 e. The third-order valence-electron chi connectivity index (χ3n) is 3.21. The van der Waals surface area contributed by atoms with Crippen LogP contribution in [0.2, 0.25) is 0 Å². The van der Waals surface area contributed by atoms with Crippen LogP contribution in [0.25, 0.3) is 0 Å². The Labute approximate surface area is 97.3 Å². The number of amides is 1. The van der Waals surface area contributed by atoms with Gasteiger partial charge >= 0.3 is 0 Å². The molecule has 0 aromatic heterocycles. The van der Waals surface area contributed by atoms with E-state index in [1.807, 2.05) is 4.90 Å². The zero-order valence-corrected chi connectivity index (χ0v) is 9.91. The monoisotopic (exact) mass is 217 g/mol. The maximum atomic E-state index is 11.8. The predicted molar refractivity (Wildman–Crippen MR) is 65.3 cm³/mol. The van der Waals surface area contributed by atoms with Gasteiger partial charge < -0.3 is 4.90 Å². The van der Waals surface area contributed by atoms with E-state index >= 15 is 0 Å². The molecule has 0 bridgehead atoms. The number of carbonyl (C=O) groups excluding carboxylic acids is 1. The van der Waals surface area contributed by atoms with Gasteiger partial charge in [0.25, 0.3) is 0 Å². The van der Waals surface area contributed by atoms with Crippen LogP contribution in [0, 0.1) is 6.92 Å². The van der Waals surface area contributed by atoms with Crippen LogP contribution >= 0.6 is 0 Å². The van der Waals surface area contributed by atoms with Crippen molar-refractivity contribution in [1.29, 1.82) is 0 Å². The number of benzene rings is 1. The van der Waals surface area contributed by atoms with Crippen molar-refractivity contribution in [2.24, 2.45) is 0 Å². The lowest BCUT2D eigenvalue weighted by atomic mass is 10.1. The quantitative estimate of drug-likeness (QED) is 0.762. The summed E-state index contributed by atoms with van der Waals surface area (Å²) < 4.78 is 0. The number of nitrogens with zero attached hydrogens (tertiary/aromatic N) is 1. The molecule has 0 unspecified atom stereocenters. The average Bonchev–Trinajstić information content (AvgIpc) is 2.81.